The minimum absolute atomic E-state index is 0.0127. The molecule has 0 aliphatic carbocycles. The van der Waals surface area contributed by atoms with Gasteiger partial charge in [0.25, 0.3) is 0 Å². The SMILES string of the molecule is CC(C)(C)c1ccc(C(=O)CSc2nnnn2-c2ccc(C(=O)O)cc2)cc1.Cc1ccc(C(=O)CSc2nnnn2-c2ccc(C(=O)O)cc2)cc1.O=C(O)c1ccc(-n2nnnc2SCC(=O)c2ccc(Cl)cc2)cc1.O=C(O)c1ccc(-n2nnnc2SCC(=O)c2ccc(F)cc2)cc1. The molecule has 4 heterocycles. The second-order valence-electron chi connectivity index (χ2n) is 22.5. The number of benzene rings is 8. The zero-order chi connectivity index (χ0) is 73.7. The maximum Gasteiger partial charge on any atom is 0.335 e. The summed E-state index contributed by atoms with van der Waals surface area (Å²) in [4.78, 5) is 92.8. The molecule has 103 heavy (non-hydrogen) atoms. The maximum absolute atomic E-state index is 12.9. The molecule has 0 saturated heterocycles. The third-order valence-electron chi connectivity index (χ3n) is 14.3. The van der Waals surface area contributed by atoms with E-state index in [4.69, 9.17) is 32.0 Å². The van der Waals surface area contributed by atoms with Crippen molar-refractivity contribution in [2.75, 3.05) is 23.0 Å². The molecule has 4 N–H and O–H groups in total. The Bertz CT molecular complexity index is 4600. The highest BCUT2D eigenvalue weighted by atomic mass is 35.5. The third-order valence-corrected chi connectivity index (χ3v) is 18.2. The summed E-state index contributed by atoms with van der Waals surface area (Å²) in [6.07, 6.45) is 0. The Hall–Kier alpha value is -11.8. The topological polar surface area (TPSA) is 392 Å². The van der Waals surface area contributed by atoms with Crippen LogP contribution in [0.1, 0.15) is 115 Å². The molecular weight excluding hydrogens is 1430 g/mol. The van der Waals surface area contributed by atoms with Gasteiger partial charge in [0, 0.05) is 27.3 Å². The van der Waals surface area contributed by atoms with E-state index in [-0.39, 0.29) is 73.8 Å². The third kappa shape index (κ3) is 21.1. The van der Waals surface area contributed by atoms with Gasteiger partial charge in [0.15, 0.2) is 23.1 Å². The van der Waals surface area contributed by atoms with Gasteiger partial charge in [-0.05, 0) is 205 Å². The number of carboxylic acid groups (broad SMARTS) is 4. The monoisotopic (exact) mass is 1480 g/mol. The summed E-state index contributed by atoms with van der Waals surface area (Å²) < 4.78 is 18.7. The molecule has 28 nitrogen and oxygen atoms in total. The largest absolute Gasteiger partial charge is 0.478 e. The fourth-order valence-corrected chi connectivity index (χ4v) is 12.0. The van der Waals surface area contributed by atoms with E-state index in [2.05, 4.69) is 82.9 Å². The summed E-state index contributed by atoms with van der Waals surface area (Å²) in [6, 6.07) is 51.5. The average molecular weight is 1480 g/mol. The number of carbonyl (C=O) groups excluding carboxylic acids is 4. The van der Waals surface area contributed by atoms with Crippen molar-refractivity contribution in [1.29, 1.82) is 0 Å². The van der Waals surface area contributed by atoms with E-state index in [1.807, 2.05) is 43.3 Å². The molecule has 4 aromatic heterocycles. The van der Waals surface area contributed by atoms with Crippen LogP contribution in [0, 0.1) is 12.7 Å². The standard InChI is InChI=1S/C20H20N4O3S.C17H14N4O3S.C16H11ClN4O3S.C16H11FN4O3S/c1-20(2,3)15-8-4-13(5-9-15)17(25)12-28-19-21-22-23-24(19)16-10-6-14(7-11-16)18(26)27;1-11-2-4-12(5-3-11)15(22)10-25-17-18-19-20-21(17)14-8-6-13(7-9-14)16(23)24;2*17-12-5-1-10(2-6-12)14(22)9-25-16-18-19-20-21(16)13-7-3-11(4-8-13)15(23)24/h4-11H,12H2,1-3H3,(H,26,27);2-9H,10H2,1H3,(H,23,24);2*1-8H,9H2,(H,23,24). The van der Waals surface area contributed by atoms with E-state index in [0.29, 0.717) is 70.7 Å². The number of thioether (sulfide) groups is 4. The van der Waals surface area contributed by atoms with Gasteiger partial charge >= 0.3 is 23.9 Å². The Balaban J connectivity index is 0.000000160. The summed E-state index contributed by atoms with van der Waals surface area (Å²) in [5, 5.41) is 83.8. The molecule has 12 rings (SSSR count). The van der Waals surface area contributed by atoms with Gasteiger partial charge in [-0.1, -0.05) is 134 Å². The first-order chi connectivity index (χ1) is 49.4. The van der Waals surface area contributed by atoms with E-state index in [1.54, 1.807) is 84.9 Å². The number of aromatic nitrogens is 16. The van der Waals surface area contributed by atoms with E-state index < -0.39 is 29.7 Å². The zero-order valence-electron chi connectivity index (χ0n) is 54.4. The molecule has 0 unspecified atom stereocenters. The quantitative estimate of drug-likeness (QED) is 0.0322. The van der Waals surface area contributed by atoms with Crippen molar-refractivity contribution in [2.24, 2.45) is 0 Å². The van der Waals surface area contributed by atoms with Gasteiger partial charge in [-0.15, -0.1) is 20.4 Å². The Labute approximate surface area is 606 Å². The van der Waals surface area contributed by atoms with Gasteiger partial charge in [-0.25, -0.2) is 23.6 Å². The zero-order valence-corrected chi connectivity index (χ0v) is 58.4. The van der Waals surface area contributed by atoms with Crippen LogP contribution < -0.4 is 0 Å². The number of Topliss-reactive ketones (excluding diaryl/α,β-unsaturated/α-hetero) is 4. The van der Waals surface area contributed by atoms with Crippen molar-refractivity contribution < 1.29 is 63.2 Å². The van der Waals surface area contributed by atoms with Crippen LogP contribution in [0.3, 0.4) is 0 Å². The normalized spacial score (nSPS) is 10.8. The van der Waals surface area contributed by atoms with Crippen LogP contribution in [-0.4, -0.2) is 171 Å². The van der Waals surface area contributed by atoms with E-state index in [9.17, 15) is 42.7 Å². The Morgan fingerprint density at radius 2 is 0.573 bits per heavy atom. The van der Waals surface area contributed by atoms with Gasteiger partial charge in [-0.3, -0.25) is 19.2 Å². The second kappa shape index (κ2) is 35.5. The summed E-state index contributed by atoms with van der Waals surface area (Å²) in [7, 11) is 0. The lowest BCUT2D eigenvalue weighted by molar-refractivity contribution is 0.0686. The highest BCUT2D eigenvalue weighted by Gasteiger charge is 2.20. The van der Waals surface area contributed by atoms with E-state index >= 15 is 0 Å². The summed E-state index contributed by atoms with van der Waals surface area (Å²) in [5.74, 6) is -4.07. The van der Waals surface area contributed by atoms with Gasteiger partial charge in [0.05, 0.1) is 68.0 Å². The van der Waals surface area contributed by atoms with Crippen LogP contribution in [0.2, 0.25) is 5.02 Å². The number of aromatic carboxylic acids is 4. The first-order valence-electron chi connectivity index (χ1n) is 30.2. The van der Waals surface area contributed by atoms with Crippen LogP contribution in [0.4, 0.5) is 4.39 Å². The molecule has 0 radical (unpaired) electrons. The number of nitrogens with zero attached hydrogens (tertiary/aromatic N) is 16. The molecule has 0 saturated carbocycles. The van der Waals surface area contributed by atoms with Gasteiger partial charge in [0.2, 0.25) is 20.6 Å². The molecule has 0 spiro atoms. The molecule has 12 aromatic rings. The van der Waals surface area contributed by atoms with Crippen molar-refractivity contribution in [3.8, 4) is 22.7 Å². The Kier molecular flexibility index (Phi) is 26.0. The molecule has 0 aliphatic heterocycles. The number of ketones is 4. The van der Waals surface area contributed by atoms with E-state index in [0.717, 1.165) is 17.3 Å². The van der Waals surface area contributed by atoms with Crippen molar-refractivity contribution in [1.82, 2.24) is 80.8 Å². The summed E-state index contributed by atoms with van der Waals surface area (Å²) in [6.45, 7) is 8.35. The lowest BCUT2D eigenvalue weighted by Crippen LogP contribution is -2.11. The van der Waals surface area contributed by atoms with Crippen LogP contribution in [0.5, 0.6) is 0 Å². The van der Waals surface area contributed by atoms with Crippen molar-refractivity contribution in [2.45, 2.75) is 53.7 Å². The first-order valence-corrected chi connectivity index (χ1v) is 34.5. The predicted octanol–water partition coefficient (Wildman–Crippen LogP) is 11.7. The predicted molar refractivity (Wildman–Crippen MR) is 379 cm³/mol. The second-order valence-corrected chi connectivity index (χ2v) is 26.7. The lowest BCUT2D eigenvalue weighted by atomic mass is 9.86. The number of carbonyl (C=O) groups is 8. The highest BCUT2D eigenvalue weighted by molar-refractivity contribution is 8.00. The summed E-state index contributed by atoms with van der Waals surface area (Å²) >= 11 is 10.6. The summed E-state index contributed by atoms with van der Waals surface area (Å²) in [5.41, 5.74) is 7.66. The number of tetrazole rings is 4. The number of aryl methyl sites for hydroxylation is 1. The average Bonchev–Trinajstić information content (AvgIpc) is 1.83. The number of carboxylic acids is 4. The molecule has 0 bridgehead atoms. The van der Waals surface area contributed by atoms with E-state index in [1.165, 1.54) is 132 Å². The molecule has 34 heteroatoms. The molecule has 8 aromatic carbocycles. The van der Waals surface area contributed by atoms with Crippen molar-refractivity contribution >= 4 is 106 Å². The van der Waals surface area contributed by atoms with Crippen LogP contribution in [0.25, 0.3) is 22.7 Å². The fourth-order valence-electron chi connectivity index (χ4n) is 8.73. The molecule has 0 atom stereocenters. The number of rotatable bonds is 24. The van der Waals surface area contributed by atoms with Crippen LogP contribution in [0.15, 0.2) is 215 Å². The molecule has 0 fully saturated rings. The smallest absolute Gasteiger partial charge is 0.335 e. The molecule has 522 valence electrons. The number of hydrogen-bond acceptors (Lipinski definition) is 24. The molecular formula is C69H56ClFN16O12S4. The van der Waals surface area contributed by atoms with Gasteiger partial charge < -0.3 is 20.4 Å². The lowest BCUT2D eigenvalue weighted by Gasteiger charge is -2.18. The van der Waals surface area contributed by atoms with Crippen molar-refractivity contribution in [3.05, 3.63) is 261 Å². The Morgan fingerprint density at radius 3 is 0.816 bits per heavy atom. The van der Waals surface area contributed by atoms with Gasteiger partial charge in [0.1, 0.15) is 5.82 Å². The van der Waals surface area contributed by atoms with Crippen molar-refractivity contribution in [3.63, 3.8) is 0 Å². The fraction of sp³-hybridized carbons (Fsp3) is 0.130. The minimum Gasteiger partial charge on any atom is -0.478 e. The number of hydrogen-bond donors (Lipinski definition) is 4. The minimum atomic E-state index is -1.03. The highest BCUT2D eigenvalue weighted by Crippen LogP contribution is 2.27. The Morgan fingerprint density at radius 1 is 0.350 bits per heavy atom. The first kappa shape index (κ1) is 75.4. The number of halogens is 2. The molecule has 0 amide bonds. The van der Waals surface area contributed by atoms with Gasteiger partial charge in [-0.2, -0.15) is 18.7 Å². The maximum atomic E-state index is 12.9. The van der Waals surface area contributed by atoms with Crippen LogP contribution >= 0.6 is 58.6 Å². The molecule has 0 aliphatic rings. The van der Waals surface area contributed by atoms with Crippen LogP contribution in [-0.2, 0) is 5.41 Å².